The largest absolute Gasteiger partial charge is 0.497 e. The summed E-state index contributed by atoms with van der Waals surface area (Å²) in [6.07, 6.45) is 2.93. The molecule has 2 aromatic rings. The highest BCUT2D eigenvalue weighted by atomic mass is 16.5. The van der Waals surface area contributed by atoms with Gasteiger partial charge in [0.25, 0.3) is 0 Å². The molecule has 0 N–H and O–H groups in total. The van der Waals surface area contributed by atoms with Crippen LogP contribution in [0.4, 0.5) is 0 Å². The van der Waals surface area contributed by atoms with Gasteiger partial charge in [0, 0.05) is 5.56 Å². The molecule has 9 heteroatoms. The molecule has 0 saturated carbocycles. The van der Waals surface area contributed by atoms with Gasteiger partial charge in [-0.1, -0.05) is 17.7 Å². The van der Waals surface area contributed by atoms with Crippen LogP contribution in [0.25, 0.3) is 0 Å². The van der Waals surface area contributed by atoms with E-state index in [9.17, 15) is 24.0 Å². The van der Waals surface area contributed by atoms with Gasteiger partial charge in [-0.15, -0.1) is 0 Å². The molecule has 0 radical (unpaired) electrons. The lowest BCUT2D eigenvalue weighted by Gasteiger charge is -2.19. The van der Waals surface area contributed by atoms with Crippen molar-refractivity contribution in [3.05, 3.63) is 71.3 Å². The summed E-state index contributed by atoms with van der Waals surface area (Å²) in [4.78, 5) is 63.0. The van der Waals surface area contributed by atoms with Gasteiger partial charge in [-0.05, 0) is 62.2 Å². The predicted molar refractivity (Wildman–Crippen MR) is 126 cm³/mol. The smallest absolute Gasteiger partial charge is 0.343 e. The first-order valence-electron chi connectivity index (χ1n) is 11.4. The van der Waals surface area contributed by atoms with Crippen molar-refractivity contribution in [1.29, 1.82) is 0 Å². The fourth-order valence-electron chi connectivity index (χ4n) is 4.29. The summed E-state index contributed by atoms with van der Waals surface area (Å²) >= 11 is 0. The van der Waals surface area contributed by atoms with E-state index in [0.29, 0.717) is 24.2 Å². The molecule has 0 bridgehead atoms. The Balaban J connectivity index is 1.28. The Morgan fingerprint density at radius 2 is 1.67 bits per heavy atom. The van der Waals surface area contributed by atoms with Gasteiger partial charge in [-0.3, -0.25) is 24.1 Å². The lowest BCUT2D eigenvalue weighted by Crippen LogP contribution is -2.37. The first-order valence-corrected chi connectivity index (χ1v) is 11.4. The number of rotatable bonds is 8. The minimum absolute atomic E-state index is 0.230. The third kappa shape index (κ3) is 5.35. The topological polar surface area (TPSA) is 116 Å². The standard InChI is InChI=1S/C27H25NO8/c1-16-6-11-21-22(12-16)26(32)28(25(21)31)14-24(30)35-15-23(29)17-7-9-19(10-8-17)36-27(33)18-4-3-5-20(13-18)34-2/h3-10,13,21-22H,11-12,14-15H2,1-2H3. The Kier molecular flexibility index (Phi) is 7.28. The zero-order valence-electron chi connectivity index (χ0n) is 19.9. The van der Waals surface area contributed by atoms with Crippen LogP contribution in [-0.2, 0) is 19.1 Å². The van der Waals surface area contributed by atoms with Crippen molar-refractivity contribution in [2.75, 3.05) is 20.3 Å². The molecule has 0 aromatic heterocycles. The predicted octanol–water partition coefficient (Wildman–Crippen LogP) is 2.98. The molecule has 36 heavy (non-hydrogen) atoms. The maximum Gasteiger partial charge on any atom is 0.343 e. The molecule has 2 aromatic carbocycles. The average molecular weight is 491 g/mol. The van der Waals surface area contributed by atoms with Crippen molar-refractivity contribution in [3.8, 4) is 11.5 Å². The molecule has 1 saturated heterocycles. The summed E-state index contributed by atoms with van der Waals surface area (Å²) in [6, 6.07) is 12.3. The van der Waals surface area contributed by atoms with Crippen LogP contribution >= 0.6 is 0 Å². The van der Waals surface area contributed by atoms with E-state index >= 15 is 0 Å². The molecular weight excluding hydrogens is 466 g/mol. The fourth-order valence-corrected chi connectivity index (χ4v) is 4.29. The van der Waals surface area contributed by atoms with Gasteiger partial charge < -0.3 is 14.2 Å². The number of Topliss-reactive ketones (excluding diaryl/α,β-unsaturated/α-hetero) is 1. The molecule has 9 nitrogen and oxygen atoms in total. The van der Waals surface area contributed by atoms with Crippen molar-refractivity contribution >= 4 is 29.5 Å². The molecule has 1 aliphatic carbocycles. The molecule has 2 atom stereocenters. The number of imide groups is 1. The zero-order chi connectivity index (χ0) is 25.8. The monoisotopic (exact) mass is 491 g/mol. The fraction of sp³-hybridized carbons (Fsp3) is 0.296. The van der Waals surface area contributed by atoms with Crippen LogP contribution in [-0.4, -0.2) is 54.7 Å². The summed E-state index contributed by atoms with van der Waals surface area (Å²) in [5, 5.41) is 0. The van der Waals surface area contributed by atoms with Gasteiger partial charge in [0.2, 0.25) is 11.8 Å². The highest BCUT2D eigenvalue weighted by molar-refractivity contribution is 6.07. The van der Waals surface area contributed by atoms with Crippen LogP contribution in [0.2, 0.25) is 0 Å². The van der Waals surface area contributed by atoms with E-state index in [1.54, 1.807) is 24.3 Å². The van der Waals surface area contributed by atoms with Crippen LogP contribution < -0.4 is 9.47 Å². The Labute approximate surface area is 207 Å². The van der Waals surface area contributed by atoms with Gasteiger partial charge in [-0.2, -0.15) is 0 Å². The Morgan fingerprint density at radius 1 is 0.944 bits per heavy atom. The number of allylic oxidation sites excluding steroid dienone is 2. The maximum absolute atomic E-state index is 12.6. The second-order valence-corrected chi connectivity index (χ2v) is 8.70. The Bertz CT molecular complexity index is 1250. The van der Waals surface area contributed by atoms with E-state index < -0.39 is 42.7 Å². The van der Waals surface area contributed by atoms with E-state index in [2.05, 4.69) is 0 Å². The third-order valence-corrected chi connectivity index (χ3v) is 6.26. The van der Waals surface area contributed by atoms with Crippen molar-refractivity contribution in [2.24, 2.45) is 11.8 Å². The van der Waals surface area contributed by atoms with E-state index in [0.717, 1.165) is 10.5 Å². The number of carbonyl (C=O) groups excluding carboxylic acids is 5. The van der Waals surface area contributed by atoms with E-state index in [1.165, 1.54) is 31.4 Å². The second kappa shape index (κ2) is 10.6. The molecular formula is C27H25NO8. The maximum atomic E-state index is 12.6. The number of ketones is 1. The lowest BCUT2D eigenvalue weighted by molar-refractivity contribution is -0.152. The number of nitrogens with zero attached hydrogens (tertiary/aromatic N) is 1. The normalized spacial score (nSPS) is 18.8. The van der Waals surface area contributed by atoms with E-state index in [1.807, 2.05) is 13.0 Å². The zero-order valence-corrected chi connectivity index (χ0v) is 19.9. The minimum Gasteiger partial charge on any atom is -0.497 e. The molecule has 1 heterocycles. The van der Waals surface area contributed by atoms with Crippen molar-refractivity contribution in [3.63, 3.8) is 0 Å². The summed E-state index contributed by atoms with van der Waals surface area (Å²) in [5.41, 5.74) is 1.60. The van der Waals surface area contributed by atoms with Crippen LogP contribution in [0.15, 0.2) is 60.2 Å². The van der Waals surface area contributed by atoms with Crippen molar-refractivity contribution < 1.29 is 38.2 Å². The summed E-state index contributed by atoms with van der Waals surface area (Å²) in [7, 11) is 1.49. The summed E-state index contributed by atoms with van der Waals surface area (Å²) in [6.45, 7) is 0.843. The quantitative estimate of drug-likeness (QED) is 0.182. The van der Waals surface area contributed by atoms with E-state index in [-0.39, 0.29) is 23.1 Å². The first-order chi connectivity index (χ1) is 17.3. The molecule has 186 valence electrons. The number of ether oxygens (including phenoxy) is 3. The van der Waals surface area contributed by atoms with Gasteiger partial charge in [0.1, 0.15) is 18.0 Å². The highest BCUT2D eigenvalue weighted by Gasteiger charge is 2.48. The SMILES string of the molecule is COc1cccc(C(=O)Oc2ccc(C(=O)COC(=O)CN3C(=O)C4CC=C(C)CC4C3=O)cc2)c1. The number of esters is 2. The number of amides is 2. The molecule has 1 aliphatic heterocycles. The van der Waals surface area contributed by atoms with Gasteiger partial charge in [-0.25, -0.2) is 4.79 Å². The van der Waals surface area contributed by atoms with Crippen molar-refractivity contribution in [1.82, 2.24) is 4.90 Å². The first kappa shape index (κ1) is 24.8. The average Bonchev–Trinajstić information content (AvgIpc) is 3.11. The number of fused-ring (bicyclic) bond motifs is 1. The number of hydrogen-bond acceptors (Lipinski definition) is 8. The summed E-state index contributed by atoms with van der Waals surface area (Å²) < 4.78 is 15.4. The Morgan fingerprint density at radius 3 is 2.39 bits per heavy atom. The van der Waals surface area contributed by atoms with E-state index in [4.69, 9.17) is 14.2 Å². The van der Waals surface area contributed by atoms with Gasteiger partial charge >= 0.3 is 11.9 Å². The second-order valence-electron chi connectivity index (χ2n) is 8.70. The molecule has 2 aliphatic rings. The minimum atomic E-state index is -0.836. The van der Waals surface area contributed by atoms with Crippen LogP contribution in [0.3, 0.4) is 0 Å². The Hall–Kier alpha value is -4.27. The molecule has 2 unspecified atom stereocenters. The van der Waals surface area contributed by atoms with Crippen LogP contribution in [0.1, 0.15) is 40.5 Å². The molecule has 0 spiro atoms. The van der Waals surface area contributed by atoms with Crippen LogP contribution in [0, 0.1) is 11.8 Å². The molecule has 4 rings (SSSR count). The van der Waals surface area contributed by atoms with Gasteiger partial charge in [0.05, 0.1) is 24.5 Å². The number of likely N-dealkylation sites (tertiary alicyclic amines) is 1. The number of benzene rings is 2. The van der Waals surface area contributed by atoms with Crippen molar-refractivity contribution in [2.45, 2.75) is 19.8 Å². The number of carbonyl (C=O) groups is 5. The molecule has 2 amide bonds. The van der Waals surface area contributed by atoms with Gasteiger partial charge in [0.15, 0.2) is 12.4 Å². The lowest BCUT2D eigenvalue weighted by atomic mass is 9.82. The summed E-state index contributed by atoms with van der Waals surface area (Å²) in [5.74, 6) is -2.79. The highest BCUT2D eigenvalue weighted by Crippen LogP contribution is 2.37. The van der Waals surface area contributed by atoms with Crippen LogP contribution in [0.5, 0.6) is 11.5 Å². The number of hydrogen-bond donors (Lipinski definition) is 0. The number of methoxy groups -OCH3 is 1. The molecule has 1 fully saturated rings. The third-order valence-electron chi connectivity index (χ3n) is 6.26.